The standard InChI is InChI=1S/C9H7N3O/c10-7-3-1-6(2-4-7)8-5-9(13)12-11-8/h1-5H,10H2. The van der Waals surface area contributed by atoms with Crippen molar-refractivity contribution in [3.8, 4) is 0 Å². The van der Waals surface area contributed by atoms with Crippen LogP contribution in [0.5, 0.6) is 0 Å². The maximum atomic E-state index is 10.7. The minimum absolute atomic E-state index is 0.313. The summed E-state index contributed by atoms with van der Waals surface area (Å²) in [5, 5.41) is 7.09. The van der Waals surface area contributed by atoms with Crippen molar-refractivity contribution in [3.63, 3.8) is 0 Å². The molecule has 0 radical (unpaired) electrons. The van der Waals surface area contributed by atoms with Crippen LogP contribution < -0.4 is 5.73 Å². The zero-order valence-corrected chi connectivity index (χ0v) is 6.77. The molecule has 4 nitrogen and oxygen atoms in total. The van der Waals surface area contributed by atoms with E-state index in [4.69, 9.17) is 5.73 Å². The Balaban J connectivity index is 2.37. The average Bonchev–Trinajstić information content (AvgIpc) is 2.53. The molecule has 0 unspecified atom stereocenters. The van der Waals surface area contributed by atoms with E-state index in [1.165, 1.54) is 6.08 Å². The van der Waals surface area contributed by atoms with Crippen molar-refractivity contribution in [1.82, 2.24) is 0 Å². The fourth-order valence-corrected chi connectivity index (χ4v) is 1.07. The largest absolute Gasteiger partial charge is 0.399 e. The highest BCUT2D eigenvalue weighted by molar-refractivity contribution is 5.98. The number of benzene rings is 1. The molecule has 0 saturated carbocycles. The first-order valence-corrected chi connectivity index (χ1v) is 3.79. The van der Waals surface area contributed by atoms with Crippen molar-refractivity contribution >= 4 is 17.3 Å². The molecule has 0 aromatic heterocycles. The van der Waals surface area contributed by atoms with Gasteiger partial charge in [0, 0.05) is 17.3 Å². The van der Waals surface area contributed by atoms with Crippen LogP contribution in [0.25, 0.3) is 5.70 Å². The molecule has 4 heteroatoms. The molecule has 1 heterocycles. The van der Waals surface area contributed by atoms with Gasteiger partial charge in [0.25, 0.3) is 5.91 Å². The second-order valence-corrected chi connectivity index (χ2v) is 2.69. The summed E-state index contributed by atoms with van der Waals surface area (Å²) in [6.45, 7) is 0. The SMILES string of the molecule is Nc1ccc(C2=CC(=O)N=N2)cc1. The highest BCUT2D eigenvalue weighted by Gasteiger charge is 2.09. The van der Waals surface area contributed by atoms with Gasteiger partial charge in [-0.2, -0.15) is 0 Å². The van der Waals surface area contributed by atoms with Crippen LogP contribution in [0, 0.1) is 0 Å². The van der Waals surface area contributed by atoms with Crippen LogP contribution in [0.1, 0.15) is 5.56 Å². The van der Waals surface area contributed by atoms with Gasteiger partial charge >= 0.3 is 0 Å². The number of azo groups is 1. The third-order valence-corrected chi connectivity index (χ3v) is 1.72. The molecular formula is C9H7N3O. The molecule has 0 fully saturated rings. The fraction of sp³-hybridized carbons (Fsp3) is 0. The fourth-order valence-electron chi connectivity index (χ4n) is 1.07. The first-order valence-electron chi connectivity index (χ1n) is 3.79. The summed E-state index contributed by atoms with van der Waals surface area (Å²) < 4.78 is 0. The van der Waals surface area contributed by atoms with Gasteiger partial charge in [-0.3, -0.25) is 4.79 Å². The Morgan fingerprint density at radius 2 is 1.77 bits per heavy atom. The molecule has 0 saturated heterocycles. The summed E-state index contributed by atoms with van der Waals surface area (Å²) in [4.78, 5) is 10.7. The van der Waals surface area contributed by atoms with Crippen molar-refractivity contribution in [2.24, 2.45) is 10.2 Å². The number of amides is 1. The summed E-state index contributed by atoms with van der Waals surface area (Å²) in [6, 6.07) is 7.13. The number of carbonyl (C=O) groups excluding carboxylic acids is 1. The predicted molar refractivity (Wildman–Crippen MR) is 48.7 cm³/mol. The second-order valence-electron chi connectivity index (χ2n) is 2.69. The molecule has 0 atom stereocenters. The smallest absolute Gasteiger partial charge is 0.290 e. The highest BCUT2D eigenvalue weighted by Crippen LogP contribution is 2.21. The van der Waals surface area contributed by atoms with E-state index in [0.717, 1.165) is 5.56 Å². The first-order chi connectivity index (χ1) is 6.25. The van der Waals surface area contributed by atoms with Crippen LogP contribution in [-0.2, 0) is 4.79 Å². The van der Waals surface area contributed by atoms with E-state index >= 15 is 0 Å². The molecule has 1 aliphatic heterocycles. The molecule has 13 heavy (non-hydrogen) atoms. The van der Waals surface area contributed by atoms with Crippen LogP contribution in [0.3, 0.4) is 0 Å². The van der Waals surface area contributed by atoms with Gasteiger partial charge in [0.1, 0.15) is 0 Å². The Morgan fingerprint density at radius 3 is 2.31 bits per heavy atom. The Labute approximate surface area is 74.8 Å². The number of rotatable bonds is 1. The monoisotopic (exact) mass is 173 g/mol. The summed E-state index contributed by atoms with van der Waals surface area (Å²) in [6.07, 6.45) is 1.39. The molecule has 1 aromatic rings. The van der Waals surface area contributed by atoms with Crippen LogP contribution in [-0.4, -0.2) is 5.91 Å². The summed E-state index contributed by atoms with van der Waals surface area (Å²) in [5.74, 6) is -0.313. The van der Waals surface area contributed by atoms with Gasteiger partial charge in [0.05, 0.1) is 5.70 Å². The maximum Gasteiger partial charge on any atom is 0.290 e. The summed E-state index contributed by atoms with van der Waals surface area (Å²) in [7, 11) is 0. The minimum Gasteiger partial charge on any atom is -0.399 e. The molecule has 64 valence electrons. The van der Waals surface area contributed by atoms with Gasteiger partial charge in [-0.25, -0.2) is 0 Å². The number of nitrogens with zero attached hydrogens (tertiary/aromatic N) is 2. The number of anilines is 1. The zero-order chi connectivity index (χ0) is 9.26. The lowest BCUT2D eigenvalue weighted by atomic mass is 10.1. The third-order valence-electron chi connectivity index (χ3n) is 1.72. The normalized spacial score (nSPS) is 14.8. The molecule has 0 bridgehead atoms. The van der Waals surface area contributed by atoms with E-state index in [1.807, 2.05) is 0 Å². The summed E-state index contributed by atoms with van der Waals surface area (Å²) in [5.41, 5.74) is 7.64. The van der Waals surface area contributed by atoms with Crippen molar-refractivity contribution in [2.45, 2.75) is 0 Å². The molecular weight excluding hydrogens is 166 g/mol. The lowest BCUT2D eigenvalue weighted by molar-refractivity contribution is -0.113. The van der Waals surface area contributed by atoms with Gasteiger partial charge in [-0.05, 0) is 12.1 Å². The van der Waals surface area contributed by atoms with Crippen LogP contribution in [0.4, 0.5) is 5.69 Å². The molecule has 2 rings (SSSR count). The Bertz CT molecular complexity index is 403. The van der Waals surface area contributed by atoms with Crippen molar-refractivity contribution in [3.05, 3.63) is 35.9 Å². The molecule has 0 spiro atoms. The minimum atomic E-state index is -0.313. The molecule has 1 amide bonds. The third kappa shape index (κ3) is 1.46. The number of nitrogen functional groups attached to an aromatic ring is 1. The maximum absolute atomic E-state index is 10.7. The van der Waals surface area contributed by atoms with Crippen molar-refractivity contribution < 1.29 is 4.79 Å². The Kier molecular flexibility index (Phi) is 1.66. The van der Waals surface area contributed by atoms with E-state index in [-0.39, 0.29) is 5.91 Å². The molecule has 0 aliphatic carbocycles. The topological polar surface area (TPSA) is 67.8 Å². The highest BCUT2D eigenvalue weighted by atomic mass is 16.1. The number of hydrogen-bond donors (Lipinski definition) is 1. The van der Waals surface area contributed by atoms with Gasteiger partial charge in [0.2, 0.25) is 0 Å². The Hall–Kier alpha value is -1.97. The predicted octanol–water partition coefficient (Wildman–Crippen LogP) is 1.60. The van der Waals surface area contributed by atoms with Crippen LogP contribution >= 0.6 is 0 Å². The van der Waals surface area contributed by atoms with E-state index in [1.54, 1.807) is 24.3 Å². The zero-order valence-electron chi connectivity index (χ0n) is 6.77. The van der Waals surface area contributed by atoms with Crippen molar-refractivity contribution in [2.75, 3.05) is 5.73 Å². The van der Waals surface area contributed by atoms with Crippen molar-refractivity contribution in [1.29, 1.82) is 0 Å². The lowest BCUT2D eigenvalue weighted by Gasteiger charge is -1.96. The molecule has 1 aromatic carbocycles. The van der Waals surface area contributed by atoms with E-state index < -0.39 is 0 Å². The first kappa shape index (κ1) is 7.67. The van der Waals surface area contributed by atoms with Gasteiger partial charge in [-0.15, -0.1) is 10.2 Å². The van der Waals surface area contributed by atoms with Gasteiger partial charge < -0.3 is 5.73 Å². The van der Waals surface area contributed by atoms with E-state index in [0.29, 0.717) is 11.4 Å². The summed E-state index contributed by atoms with van der Waals surface area (Å²) >= 11 is 0. The Morgan fingerprint density at radius 1 is 1.08 bits per heavy atom. The van der Waals surface area contributed by atoms with E-state index in [9.17, 15) is 4.79 Å². The number of hydrogen-bond acceptors (Lipinski definition) is 3. The molecule has 1 aliphatic rings. The lowest BCUT2D eigenvalue weighted by Crippen LogP contribution is -1.85. The number of nitrogens with two attached hydrogens (primary N) is 1. The van der Waals surface area contributed by atoms with Gasteiger partial charge in [0.15, 0.2) is 0 Å². The van der Waals surface area contributed by atoms with Crippen LogP contribution in [0.2, 0.25) is 0 Å². The van der Waals surface area contributed by atoms with Gasteiger partial charge in [-0.1, -0.05) is 12.1 Å². The number of carbonyl (C=O) groups is 1. The van der Waals surface area contributed by atoms with Crippen LogP contribution in [0.15, 0.2) is 40.6 Å². The molecule has 2 N–H and O–H groups in total. The quantitative estimate of drug-likeness (QED) is 0.655. The van der Waals surface area contributed by atoms with E-state index in [2.05, 4.69) is 10.2 Å². The second kappa shape index (κ2) is 2.82. The average molecular weight is 173 g/mol.